The van der Waals surface area contributed by atoms with E-state index in [1.807, 2.05) is 0 Å². The smallest absolute Gasteiger partial charge is 0.319 e. The predicted molar refractivity (Wildman–Crippen MR) is 44.8 cm³/mol. The molecule has 0 aliphatic heterocycles. The Morgan fingerprint density at radius 3 is 2.79 bits per heavy atom. The minimum Gasteiger partial charge on any atom is -0.330 e. The van der Waals surface area contributed by atoms with Gasteiger partial charge in [0, 0.05) is 24.8 Å². The Labute approximate surface area is 78.8 Å². The number of alkyl halides is 2. The van der Waals surface area contributed by atoms with Gasteiger partial charge in [-0.25, -0.2) is 9.97 Å². The van der Waals surface area contributed by atoms with Crippen molar-refractivity contribution >= 4 is 0 Å². The molecule has 0 spiro atoms. The highest BCUT2D eigenvalue weighted by molar-refractivity contribution is 4.94. The second kappa shape index (κ2) is 3.57. The quantitative estimate of drug-likeness (QED) is 0.749. The van der Waals surface area contributed by atoms with Gasteiger partial charge in [0.05, 0.1) is 12.9 Å². The lowest BCUT2D eigenvalue weighted by Gasteiger charge is -2.06. The first-order valence-electron chi connectivity index (χ1n) is 4.03. The average Bonchev–Trinajstić information content (AvgIpc) is 2.75. The van der Waals surface area contributed by atoms with Crippen LogP contribution in [0.3, 0.4) is 0 Å². The third-order valence-electron chi connectivity index (χ3n) is 1.84. The zero-order valence-electron chi connectivity index (χ0n) is 7.22. The van der Waals surface area contributed by atoms with E-state index in [4.69, 9.17) is 0 Å². The van der Waals surface area contributed by atoms with Crippen molar-refractivity contribution in [3.8, 4) is 0 Å². The topological polar surface area (TPSA) is 35.6 Å². The van der Waals surface area contributed by atoms with Crippen LogP contribution in [-0.4, -0.2) is 19.1 Å². The fourth-order valence-electron chi connectivity index (χ4n) is 1.19. The van der Waals surface area contributed by atoms with E-state index in [9.17, 15) is 8.78 Å². The third kappa shape index (κ3) is 1.63. The Bertz CT molecular complexity index is 393. The summed E-state index contributed by atoms with van der Waals surface area (Å²) in [5, 5.41) is 0. The molecule has 0 saturated carbocycles. The largest absolute Gasteiger partial charge is 0.330 e. The number of imidazole rings is 2. The summed E-state index contributed by atoms with van der Waals surface area (Å²) in [5.41, 5.74) is 0. The molecule has 0 aliphatic carbocycles. The van der Waals surface area contributed by atoms with Crippen molar-refractivity contribution in [2.45, 2.75) is 13.1 Å². The summed E-state index contributed by atoms with van der Waals surface area (Å²) in [6.45, 7) is -2.24. The summed E-state index contributed by atoms with van der Waals surface area (Å²) in [6, 6.07) is 0. The fraction of sp³-hybridized carbons (Fsp3) is 0.250. The monoisotopic (exact) mass is 198 g/mol. The molecule has 2 aromatic heterocycles. The molecule has 4 nitrogen and oxygen atoms in total. The molecular formula is C8H8F2N4. The van der Waals surface area contributed by atoms with Crippen molar-refractivity contribution in [1.82, 2.24) is 19.1 Å². The molecule has 0 unspecified atom stereocenters. The van der Waals surface area contributed by atoms with Crippen molar-refractivity contribution in [3.05, 3.63) is 36.9 Å². The Kier molecular flexibility index (Phi) is 2.26. The molecule has 0 radical (unpaired) electrons. The fourth-order valence-corrected chi connectivity index (χ4v) is 1.19. The van der Waals surface area contributed by atoms with Crippen LogP contribution >= 0.6 is 0 Å². The normalized spacial score (nSPS) is 11.1. The van der Waals surface area contributed by atoms with Gasteiger partial charge in [-0.3, -0.25) is 4.57 Å². The lowest BCUT2D eigenvalue weighted by Crippen LogP contribution is -2.07. The number of nitrogens with zero attached hydrogens (tertiary/aromatic N) is 4. The lowest BCUT2D eigenvalue weighted by atomic mass is 10.5. The Morgan fingerprint density at radius 1 is 1.29 bits per heavy atom. The molecule has 0 amide bonds. The molecule has 2 aromatic rings. The van der Waals surface area contributed by atoms with Crippen LogP contribution in [-0.2, 0) is 6.54 Å². The summed E-state index contributed by atoms with van der Waals surface area (Å²) in [5.74, 6) is 0.318. The number of aromatic nitrogens is 4. The van der Waals surface area contributed by atoms with Crippen LogP contribution in [0.2, 0.25) is 0 Å². The highest BCUT2D eigenvalue weighted by Gasteiger charge is 2.10. The van der Waals surface area contributed by atoms with Gasteiger partial charge in [0.15, 0.2) is 0 Å². The SMILES string of the molecule is FC(F)n1ccnc1Cn1ccnc1. The van der Waals surface area contributed by atoms with Crippen LogP contribution in [0.1, 0.15) is 12.4 Å². The molecule has 2 rings (SSSR count). The van der Waals surface area contributed by atoms with Gasteiger partial charge in [-0.1, -0.05) is 0 Å². The Morgan fingerprint density at radius 2 is 2.14 bits per heavy atom. The van der Waals surface area contributed by atoms with Crippen LogP contribution in [0.15, 0.2) is 31.1 Å². The van der Waals surface area contributed by atoms with Gasteiger partial charge >= 0.3 is 6.55 Å². The second-order valence-electron chi connectivity index (χ2n) is 2.76. The lowest BCUT2D eigenvalue weighted by molar-refractivity contribution is 0.0667. The molecule has 2 heterocycles. The van der Waals surface area contributed by atoms with E-state index >= 15 is 0 Å². The van der Waals surface area contributed by atoms with E-state index in [-0.39, 0.29) is 0 Å². The Balaban J connectivity index is 2.21. The number of hydrogen-bond acceptors (Lipinski definition) is 2. The summed E-state index contributed by atoms with van der Waals surface area (Å²) >= 11 is 0. The van der Waals surface area contributed by atoms with Crippen molar-refractivity contribution in [1.29, 1.82) is 0 Å². The molecular weight excluding hydrogens is 190 g/mol. The molecule has 0 N–H and O–H groups in total. The van der Waals surface area contributed by atoms with Crippen LogP contribution in [0.25, 0.3) is 0 Å². The highest BCUT2D eigenvalue weighted by Crippen LogP contribution is 2.12. The first kappa shape index (κ1) is 8.86. The molecule has 0 atom stereocenters. The predicted octanol–water partition coefficient (Wildman–Crippen LogP) is 1.52. The Hall–Kier alpha value is -1.72. The van der Waals surface area contributed by atoms with Crippen molar-refractivity contribution in [2.75, 3.05) is 0 Å². The van der Waals surface area contributed by atoms with Crippen LogP contribution in [0.5, 0.6) is 0 Å². The van der Waals surface area contributed by atoms with E-state index in [0.717, 1.165) is 4.57 Å². The standard InChI is InChI=1S/C8H8F2N4/c9-8(10)14-4-2-12-7(14)5-13-3-1-11-6-13/h1-4,6,8H,5H2. The van der Waals surface area contributed by atoms with E-state index in [2.05, 4.69) is 9.97 Å². The number of rotatable bonds is 3. The van der Waals surface area contributed by atoms with Gasteiger partial charge in [-0.2, -0.15) is 8.78 Å². The maximum absolute atomic E-state index is 12.4. The second-order valence-corrected chi connectivity index (χ2v) is 2.76. The highest BCUT2D eigenvalue weighted by atomic mass is 19.3. The van der Waals surface area contributed by atoms with Crippen LogP contribution in [0, 0.1) is 0 Å². The van der Waals surface area contributed by atoms with Crippen molar-refractivity contribution in [2.24, 2.45) is 0 Å². The van der Waals surface area contributed by atoms with Gasteiger partial charge < -0.3 is 4.57 Å². The zero-order valence-corrected chi connectivity index (χ0v) is 7.22. The summed E-state index contributed by atoms with van der Waals surface area (Å²) in [4.78, 5) is 7.66. The maximum Gasteiger partial charge on any atom is 0.319 e. The molecule has 6 heteroatoms. The van der Waals surface area contributed by atoms with Crippen molar-refractivity contribution in [3.63, 3.8) is 0 Å². The molecule has 14 heavy (non-hydrogen) atoms. The summed E-state index contributed by atoms with van der Waals surface area (Å²) in [7, 11) is 0. The van der Waals surface area contributed by atoms with Gasteiger partial charge in [-0.05, 0) is 0 Å². The van der Waals surface area contributed by atoms with Gasteiger partial charge in [-0.15, -0.1) is 0 Å². The zero-order chi connectivity index (χ0) is 9.97. The molecule has 74 valence electrons. The number of halogens is 2. The number of hydrogen-bond donors (Lipinski definition) is 0. The minimum atomic E-state index is -2.55. The third-order valence-corrected chi connectivity index (χ3v) is 1.84. The molecule has 0 aliphatic rings. The summed E-state index contributed by atoms with van der Waals surface area (Å²) in [6.07, 6.45) is 7.47. The first-order valence-corrected chi connectivity index (χ1v) is 4.03. The van der Waals surface area contributed by atoms with Crippen LogP contribution < -0.4 is 0 Å². The van der Waals surface area contributed by atoms with Crippen molar-refractivity contribution < 1.29 is 8.78 Å². The van der Waals surface area contributed by atoms with E-state index in [1.54, 1.807) is 23.3 Å². The van der Waals surface area contributed by atoms with E-state index < -0.39 is 6.55 Å². The molecule has 0 fully saturated rings. The minimum absolute atomic E-state index is 0.303. The first-order chi connectivity index (χ1) is 6.77. The van der Waals surface area contributed by atoms with Gasteiger partial charge in [0.1, 0.15) is 5.82 Å². The molecule has 0 saturated heterocycles. The van der Waals surface area contributed by atoms with Gasteiger partial charge in [0.25, 0.3) is 0 Å². The summed E-state index contributed by atoms with van der Waals surface area (Å²) < 4.78 is 27.3. The van der Waals surface area contributed by atoms with Gasteiger partial charge in [0.2, 0.25) is 0 Å². The van der Waals surface area contributed by atoms with Crippen LogP contribution in [0.4, 0.5) is 8.78 Å². The molecule has 0 aromatic carbocycles. The van der Waals surface area contributed by atoms with E-state index in [0.29, 0.717) is 12.4 Å². The van der Waals surface area contributed by atoms with E-state index in [1.165, 1.54) is 12.4 Å². The molecule has 0 bridgehead atoms. The maximum atomic E-state index is 12.4. The average molecular weight is 198 g/mol.